The lowest BCUT2D eigenvalue weighted by atomic mass is 9.95. The zero-order valence-electron chi connectivity index (χ0n) is 12.9. The van der Waals surface area contributed by atoms with Crippen LogP contribution in [0.3, 0.4) is 0 Å². The van der Waals surface area contributed by atoms with Crippen molar-refractivity contribution in [3.8, 4) is 0 Å². The lowest BCUT2D eigenvalue weighted by molar-refractivity contribution is 0.234. The molecular formula is C11H12BFN6O5S2. The van der Waals surface area contributed by atoms with E-state index in [0.29, 0.717) is 0 Å². The first-order chi connectivity index (χ1) is 12.2. The van der Waals surface area contributed by atoms with Crippen LogP contribution in [-0.4, -0.2) is 54.1 Å². The molecule has 0 fully saturated rings. The Bertz CT molecular complexity index is 950. The Balaban J connectivity index is 2.24. The van der Waals surface area contributed by atoms with E-state index in [4.69, 9.17) is 13.0 Å². The topological polar surface area (TPSA) is 173 Å². The molecule has 0 spiro atoms. The maximum Gasteiger partial charge on any atom is 0.274 e. The van der Waals surface area contributed by atoms with Crippen LogP contribution >= 0.6 is 0 Å². The van der Waals surface area contributed by atoms with E-state index < -0.39 is 26.8 Å². The third-order valence-electron chi connectivity index (χ3n) is 2.82. The predicted octanol–water partition coefficient (Wildman–Crippen LogP) is -2.04. The SMILES string of the molecule is [B]c1cc(N=C(NO)c2nonc2S(=O)CCNS(N)(=O)=O)ccc1F. The van der Waals surface area contributed by atoms with Crippen molar-refractivity contribution in [1.82, 2.24) is 20.5 Å². The van der Waals surface area contributed by atoms with E-state index in [1.165, 1.54) is 12.1 Å². The fraction of sp³-hybridized carbons (Fsp3) is 0.182. The van der Waals surface area contributed by atoms with E-state index >= 15 is 0 Å². The van der Waals surface area contributed by atoms with Crippen molar-refractivity contribution in [2.24, 2.45) is 10.1 Å². The summed E-state index contributed by atoms with van der Waals surface area (Å²) in [7, 11) is -0.348. The summed E-state index contributed by atoms with van der Waals surface area (Å²) >= 11 is 0. The van der Waals surface area contributed by atoms with Gasteiger partial charge in [0.15, 0.2) is 11.5 Å². The first-order valence-corrected chi connectivity index (χ1v) is 9.60. The molecule has 138 valence electrons. The number of nitrogens with two attached hydrogens (primary N) is 1. The number of nitrogens with one attached hydrogen (secondary N) is 2. The van der Waals surface area contributed by atoms with E-state index in [2.05, 4.69) is 19.9 Å². The molecule has 1 aromatic heterocycles. The molecule has 1 heterocycles. The highest BCUT2D eigenvalue weighted by molar-refractivity contribution is 7.87. The number of amidine groups is 1. The van der Waals surface area contributed by atoms with Crippen LogP contribution in [0.2, 0.25) is 0 Å². The fourth-order valence-electron chi connectivity index (χ4n) is 1.71. The van der Waals surface area contributed by atoms with E-state index in [-0.39, 0.29) is 40.0 Å². The molecule has 11 nitrogen and oxygen atoms in total. The molecule has 1 atom stereocenters. The molecule has 0 aliphatic rings. The molecule has 15 heteroatoms. The molecule has 2 rings (SSSR count). The number of nitrogens with zero attached hydrogens (tertiary/aromatic N) is 3. The van der Waals surface area contributed by atoms with Gasteiger partial charge in [0.1, 0.15) is 13.7 Å². The number of hydrogen-bond donors (Lipinski definition) is 4. The van der Waals surface area contributed by atoms with Gasteiger partial charge in [-0.1, -0.05) is 5.46 Å². The first-order valence-electron chi connectivity index (χ1n) is 6.74. The minimum absolute atomic E-state index is 0.163. The first kappa shape index (κ1) is 20.1. The summed E-state index contributed by atoms with van der Waals surface area (Å²) in [5.41, 5.74) is 1.56. The monoisotopic (exact) mass is 402 g/mol. The van der Waals surface area contributed by atoms with Crippen molar-refractivity contribution in [2.75, 3.05) is 12.3 Å². The minimum atomic E-state index is -3.93. The molecule has 1 aromatic carbocycles. The Hall–Kier alpha value is -2.20. The number of aromatic nitrogens is 2. The number of hydroxylamine groups is 1. The second-order valence-corrected chi connectivity index (χ2v) is 7.55. The second kappa shape index (κ2) is 8.46. The van der Waals surface area contributed by atoms with Gasteiger partial charge < -0.3 is 0 Å². The quantitative estimate of drug-likeness (QED) is 0.177. The van der Waals surface area contributed by atoms with Gasteiger partial charge in [-0.05, 0) is 28.5 Å². The van der Waals surface area contributed by atoms with Crippen molar-refractivity contribution in [1.29, 1.82) is 0 Å². The maximum absolute atomic E-state index is 13.2. The number of halogens is 1. The molecule has 26 heavy (non-hydrogen) atoms. The Kier molecular flexibility index (Phi) is 6.55. The van der Waals surface area contributed by atoms with Gasteiger partial charge in [-0.3, -0.25) is 14.9 Å². The normalized spacial score (nSPS) is 13.6. The molecule has 2 radical (unpaired) electrons. The van der Waals surface area contributed by atoms with Gasteiger partial charge in [0.25, 0.3) is 10.2 Å². The highest BCUT2D eigenvalue weighted by Gasteiger charge is 2.22. The van der Waals surface area contributed by atoms with E-state index in [1.54, 1.807) is 5.48 Å². The summed E-state index contributed by atoms with van der Waals surface area (Å²) in [6, 6.07) is 3.55. The lowest BCUT2D eigenvalue weighted by Crippen LogP contribution is -2.33. The van der Waals surface area contributed by atoms with Crippen molar-refractivity contribution >= 4 is 45.8 Å². The standard InChI is InChI=1S/C11H12BFN6O5S2/c12-7-5-6(1-2-8(7)13)16-10(17-20)9-11(19-24-18-9)25(21)4-3-15-26(14,22)23/h1-2,5,15,20H,3-4H2,(H,16,17)(H2,14,22,23). The molecule has 0 bridgehead atoms. The third-order valence-corrected chi connectivity index (χ3v) is 4.70. The second-order valence-electron chi connectivity index (χ2n) is 4.69. The number of aliphatic imine (C=N–C) groups is 1. The highest BCUT2D eigenvalue weighted by Crippen LogP contribution is 2.15. The van der Waals surface area contributed by atoms with Crippen LogP contribution in [0.5, 0.6) is 0 Å². The van der Waals surface area contributed by atoms with Crippen molar-refractivity contribution in [2.45, 2.75) is 5.03 Å². The van der Waals surface area contributed by atoms with Crippen LogP contribution in [-0.2, 0) is 21.0 Å². The largest absolute Gasteiger partial charge is 0.290 e. The zero-order valence-corrected chi connectivity index (χ0v) is 14.6. The number of rotatable bonds is 7. The minimum Gasteiger partial charge on any atom is -0.290 e. The molecule has 1 unspecified atom stereocenters. The van der Waals surface area contributed by atoms with Crippen LogP contribution < -0.4 is 20.8 Å². The Morgan fingerprint density at radius 2 is 2.19 bits per heavy atom. The molecule has 5 N–H and O–H groups in total. The Morgan fingerprint density at radius 1 is 1.46 bits per heavy atom. The van der Waals surface area contributed by atoms with E-state index in [1.807, 2.05) is 4.72 Å². The van der Waals surface area contributed by atoms with Crippen molar-refractivity contribution in [3.63, 3.8) is 0 Å². The van der Waals surface area contributed by atoms with Crippen LogP contribution in [0.25, 0.3) is 0 Å². The van der Waals surface area contributed by atoms with Gasteiger partial charge in [-0.2, -0.15) is 8.42 Å². The summed E-state index contributed by atoms with van der Waals surface area (Å²) in [6.07, 6.45) is 0. The summed E-state index contributed by atoms with van der Waals surface area (Å²) in [5.74, 6) is -1.13. The molecular weight excluding hydrogens is 390 g/mol. The number of benzene rings is 1. The number of hydrogen-bond acceptors (Lipinski definition) is 8. The molecule has 2 aromatic rings. The fourth-order valence-corrected chi connectivity index (χ4v) is 3.17. The van der Waals surface area contributed by atoms with Crippen LogP contribution in [0.1, 0.15) is 5.69 Å². The van der Waals surface area contributed by atoms with Gasteiger partial charge in [-0.25, -0.2) is 23.9 Å². The Morgan fingerprint density at radius 3 is 2.81 bits per heavy atom. The van der Waals surface area contributed by atoms with Gasteiger partial charge in [0, 0.05) is 12.3 Å². The summed E-state index contributed by atoms with van der Waals surface area (Å²) in [4.78, 5) is 3.96. The van der Waals surface area contributed by atoms with Gasteiger partial charge in [0.05, 0.1) is 16.5 Å². The van der Waals surface area contributed by atoms with E-state index in [9.17, 15) is 22.2 Å². The molecule has 0 amide bonds. The van der Waals surface area contributed by atoms with E-state index in [0.717, 1.165) is 6.07 Å². The molecule has 0 aliphatic heterocycles. The molecule has 0 aliphatic carbocycles. The van der Waals surface area contributed by atoms with Crippen LogP contribution in [0, 0.1) is 5.82 Å². The van der Waals surface area contributed by atoms with Gasteiger partial charge in [-0.15, -0.1) is 0 Å². The average molecular weight is 402 g/mol. The van der Waals surface area contributed by atoms with Crippen LogP contribution in [0.4, 0.5) is 10.1 Å². The van der Waals surface area contributed by atoms with Crippen molar-refractivity contribution < 1.29 is 26.9 Å². The third kappa shape index (κ3) is 5.40. The predicted molar refractivity (Wildman–Crippen MR) is 89.6 cm³/mol. The van der Waals surface area contributed by atoms with Gasteiger partial charge in [0.2, 0.25) is 5.03 Å². The maximum atomic E-state index is 13.2. The highest BCUT2D eigenvalue weighted by atomic mass is 32.2. The van der Waals surface area contributed by atoms with Gasteiger partial charge >= 0.3 is 0 Å². The average Bonchev–Trinajstić information content (AvgIpc) is 3.04. The molecule has 0 saturated heterocycles. The zero-order chi connectivity index (χ0) is 19.3. The summed E-state index contributed by atoms with van der Waals surface area (Å²) in [6.45, 7) is -0.231. The Labute approximate surface area is 150 Å². The summed E-state index contributed by atoms with van der Waals surface area (Å²) < 4.78 is 53.5. The van der Waals surface area contributed by atoms with Crippen molar-refractivity contribution in [3.05, 3.63) is 29.7 Å². The molecule has 0 saturated carbocycles. The lowest BCUT2D eigenvalue weighted by Gasteiger charge is -2.05. The summed E-state index contributed by atoms with van der Waals surface area (Å²) in [5, 5.41) is 20.8. The van der Waals surface area contributed by atoms with Crippen LogP contribution in [0.15, 0.2) is 32.8 Å². The smallest absolute Gasteiger partial charge is 0.274 e.